The average molecular weight is 331 g/mol. The van der Waals surface area contributed by atoms with Crippen LogP contribution in [0.25, 0.3) is 0 Å². The van der Waals surface area contributed by atoms with Crippen molar-refractivity contribution in [2.24, 2.45) is 5.41 Å². The third-order valence-corrected chi connectivity index (χ3v) is 5.63. The molecule has 3 unspecified atom stereocenters. The molecule has 2 aliphatic heterocycles. The van der Waals surface area contributed by atoms with Crippen molar-refractivity contribution < 1.29 is 18.6 Å². The van der Waals surface area contributed by atoms with E-state index in [-0.39, 0.29) is 17.5 Å². The Bertz CT molecular complexity index is 655. The second kappa shape index (κ2) is 6.02. The number of rotatable bonds is 4. The minimum absolute atomic E-state index is 0.0609. The highest BCUT2D eigenvalue weighted by molar-refractivity contribution is 5.36. The van der Waals surface area contributed by atoms with Gasteiger partial charge in [-0.3, -0.25) is 0 Å². The van der Waals surface area contributed by atoms with E-state index in [2.05, 4.69) is 6.07 Å². The van der Waals surface area contributed by atoms with Crippen molar-refractivity contribution >= 4 is 0 Å². The molecule has 4 nitrogen and oxygen atoms in total. The van der Waals surface area contributed by atoms with Gasteiger partial charge in [-0.25, -0.2) is 4.39 Å². The normalized spacial score (nSPS) is 34.9. The number of benzene rings is 1. The molecule has 1 saturated carbocycles. The molecule has 3 aliphatic rings. The Hall–Kier alpha value is -1.64. The molecule has 0 aromatic heterocycles. The third-order valence-electron chi connectivity index (χ3n) is 5.63. The van der Waals surface area contributed by atoms with Gasteiger partial charge in [0.25, 0.3) is 0 Å². The van der Waals surface area contributed by atoms with Gasteiger partial charge in [-0.1, -0.05) is 0 Å². The largest absolute Gasteiger partial charge is 0.465 e. The maximum Gasteiger partial charge on any atom is 0.199 e. The summed E-state index contributed by atoms with van der Waals surface area (Å²) in [4.78, 5) is 0. The standard InChI is InChI=1S/C19H22FNO3/c20-15-9-14(10-16(11-15)24-17-3-1-2-8-22-17)19-5-4-18(12-19,6-7-21)13-23-19/h9-11,17H,1-6,8,12-13H2. The Balaban J connectivity index is 1.57. The lowest BCUT2D eigenvalue weighted by Gasteiger charge is -2.29. The van der Waals surface area contributed by atoms with Gasteiger partial charge in [-0.05, 0) is 49.8 Å². The molecule has 1 aromatic carbocycles. The van der Waals surface area contributed by atoms with E-state index in [1.54, 1.807) is 6.07 Å². The van der Waals surface area contributed by atoms with Crippen LogP contribution in [0.2, 0.25) is 0 Å². The summed E-state index contributed by atoms with van der Waals surface area (Å²) in [6.45, 7) is 1.27. The summed E-state index contributed by atoms with van der Waals surface area (Å²) in [5.74, 6) is 0.181. The highest BCUT2D eigenvalue weighted by Crippen LogP contribution is 2.59. The number of nitriles is 1. The molecule has 128 valence electrons. The van der Waals surface area contributed by atoms with Crippen LogP contribution in [0, 0.1) is 22.6 Å². The zero-order valence-electron chi connectivity index (χ0n) is 13.7. The number of hydrogen-bond donors (Lipinski definition) is 0. The second-order valence-corrected chi connectivity index (χ2v) is 7.38. The number of fused-ring (bicyclic) bond motifs is 2. The van der Waals surface area contributed by atoms with E-state index in [0.29, 0.717) is 25.4 Å². The molecule has 4 rings (SSSR count). The second-order valence-electron chi connectivity index (χ2n) is 7.38. The first kappa shape index (κ1) is 15.9. The summed E-state index contributed by atoms with van der Waals surface area (Å²) in [6, 6.07) is 7.11. The SMILES string of the molecule is N#CCC12CCC(c3cc(F)cc(OC4CCCCO4)c3)(C1)OC2. The van der Waals surface area contributed by atoms with E-state index in [1.807, 2.05) is 6.07 Å². The molecule has 5 heteroatoms. The van der Waals surface area contributed by atoms with E-state index >= 15 is 0 Å². The molecular weight excluding hydrogens is 309 g/mol. The molecule has 0 radical (unpaired) electrons. The summed E-state index contributed by atoms with van der Waals surface area (Å²) >= 11 is 0. The van der Waals surface area contributed by atoms with Crippen molar-refractivity contribution in [1.82, 2.24) is 0 Å². The third kappa shape index (κ3) is 2.78. The van der Waals surface area contributed by atoms with Crippen LogP contribution in [0.1, 0.15) is 50.5 Å². The fourth-order valence-corrected chi connectivity index (χ4v) is 4.34. The number of nitrogens with zero attached hydrogens (tertiary/aromatic N) is 1. The van der Waals surface area contributed by atoms with Gasteiger partial charge in [-0.2, -0.15) is 5.26 Å². The molecule has 2 saturated heterocycles. The topological polar surface area (TPSA) is 51.5 Å². The lowest BCUT2D eigenvalue weighted by molar-refractivity contribution is -0.106. The molecule has 24 heavy (non-hydrogen) atoms. The van der Waals surface area contributed by atoms with E-state index in [4.69, 9.17) is 19.5 Å². The smallest absolute Gasteiger partial charge is 0.199 e. The van der Waals surface area contributed by atoms with Crippen molar-refractivity contribution in [3.8, 4) is 11.8 Å². The molecule has 0 spiro atoms. The average Bonchev–Trinajstić information content (AvgIpc) is 3.13. The number of halogens is 1. The zero-order chi connectivity index (χ0) is 16.6. The van der Waals surface area contributed by atoms with Gasteiger partial charge in [0.2, 0.25) is 0 Å². The van der Waals surface area contributed by atoms with E-state index in [0.717, 1.165) is 44.1 Å². The molecule has 0 N–H and O–H groups in total. The van der Waals surface area contributed by atoms with Crippen LogP contribution in [0.4, 0.5) is 4.39 Å². The molecule has 3 fully saturated rings. The predicted molar refractivity (Wildman–Crippen MR) is 84.8 cm³/mol. The molecule has 2 heterocycles. The lowest BCUT2D eigenvalue weighted by atomic mass is 9.84. The molecule has 1 aromatic rings. The predicted octanol–water partition coefficient (Wildman–Crippen LogP) is 4.04. The number of hydrogen-bond acceptors (Lipinski definition) is 4. The first-order valence-electron chi connectivity index (χ1n) is 8.73. The minimum Gasteiger partial charge on any atom is -0.465 e. The van der Waals surface area contributed by atoms with Crippen molar-refractivity contribution in [1.29, 1.82) is 5.26 Å². The Labute approximate surface area is 141 Å². The molecule has 1 aliphatic carbocycles. The van der Waals surface area contributed by atoms with Crippen molar-refractivity contribution in [2.45, 2.75) is 56.8 Å². The number of ether oxygens (including phenoxy) is 3. The maximum absolute atomic E-state index is 14.2. The fraction of sp³-hybridized carbons (Fsp3) is 0.632. The summed E-state index contributed by atoms with van der Waals surface area (Å²) < 4.78 is 31.7. The van der Waals surface area contributed by atoms with Crippen LogP contribution in [0.3, 0.4) is 0 Å². The highest BCUT2D eigenvalue weighted by Gasteiger charge is 2.56. The van der Waals surface area contributed by atoms with Crippen LogP contribution in [-0.2, 0) is 15.1 Å². The summed E-state index contributed by atoms with van der Waals surface area (Å²) in [5.41, 5.74) is 0.296. The Morgan fingerprint density at radius 2 is 2.21 bits per heavy atom. The Kier molecular flexibility index (Phi) is 3.98. The van der Waals surface area contributed by atoms with E-state index in [1.165, 1.54) is 6.07 Å². The van der Waals surface area contributed by atoms with Crippen LogP contribution in [0.15, 0.2) is 18.2 Å². The van der Waals surface area contributed by atoms with Crippen LogP contribution < -0.4 is 4.74 Å². The van der Waals surface area contributed by atoms with Gasteiger partial charge in [-0.15, -0.1) is 0 Å². The van der Waals surface area contributed by atoms with Crippen LogP contribution in [-0.4, -0.2) is 19.5 Å². The Morgan fingerprint density at radius 1 is 1.29 bits per heavy atom. The zero-order valence-corrected chi connectivity index (χ0v) is 13.7. The van der Waals surface area contributed by atoms with E-state index in [9.17, 15) is 4.39 Å². The monoisotopic (exact) mass is 331 g/mol. The minimum atomic E-state index is -0.468. The van der Waals surface area contributed by atoms with Gasteiger partial charge in [0.15, 0.2) is 6.29 Å². The maximum atomic E-state index is 14.2. The first-order chi connectivity index (χ1) is 11.6. The summed E-state index contributed by atoms with van der Waals surface area (Å²) in [6.07, 6.45) is 5.73. The van der Waals surface area contributed by atoms with E-state index < -0.39 is 5.60 Å². The first-order valence-corrected chi connectivity index (χ1v) is 8.73. The Morgan fingerprint density at radius 3 is 2.92 bits per heavy atom. The van der Waals surface area contributed by atoms with Gasteiger partial charge in [0.05, 0.1) is 24.9 Å². The molecular formula is C19H22FNO3. The van der Waals surface area contributed by atoms with Gasteiger partial charge >= 0.3 is 0 Å². The lowest BCUT2D eigenvalue weighted by Crippen LogP contribution is -2.26. The summed E-state index contributed by atoms with van der Waals surface area (Å²) in [7, 11) is 0. The summed E-state index contributed by atoms with van der Waals surface area (Å²) in [5, 5.41) is 9.07. The molecule has 2 bridgehead atoms. The van der Waals surface area contributed by atoms with Gasteiger partial charge in [0, 0.05) is 24.3 Å². The molecule has 0 amide bonds. The van der Waals surface area contributed by atoms with Crippen molar-refractivity contribution in [3.63, 3.8) is 0 Å². The van der Waals surface area contributed by atoms with Gasteiger partial charge < -0.3 is 14.2 Å². The van der Waals surface area contributed by atoms with Gasteiger partial charge in [0.1, 0.15) is 11.6 Å². The quantitative estimate of drug-likeness (QED) is 0.835. The van der Waals surface area contributed by atoms with Crippen molar-refractivity contribution in [3.05, 3.63) is 29.6 Å². The molecule has 3 atom stereocenters. The highest BCUT2D eigenvalue weighted by atomic mass is 19.1. The fourth-order valence-electron chi connectivity index (χ4n) is 4.34. The van der Waals surface area contributed by atoms with Crippen LogP contribution >= 0.6 is 0 Å². The van der Waals surface area contributed by atoms with Crippen LogP contribution in [0.5, 0.6) is 5.75 Å². The van der Waals surface area contributed by atoms with Crippen molar-refractivity contribution in [2.75, 3.05) is 13.2 Å².